The molecule has 0 aliphatic heterocycles. The quantitative estimate of drug-likeness (QED) is 0.432. The molecule has 0 atom stereocenters. The van der Waals surface area contributed by atoms with Crippen LogP contribution in [-0.2, 0) is 0 Å². The monoisotopic (exact) mass is 295 g/mol. The molecule has 0 spiro atoms. The van der Waals surface area contributed by atoms with Crippen molar-refractivity contribution in [2.24, 2.45) is 0 Å². The fourth-order valence-corrected chi connectivity index (χ4v) is 3.37. The number of benzene rings is 3. The van der Waals surface area contributed by atoms with E-state index in [0.29, 0.717) is 0 Å². The summed E-state index contributed by atoms with van der Waals surface area (Å²) >= 11 is 0. The van der Waals surface area contributed by atoms with Gasteiger partial charge < -0.3 is 4.57 Å². The molecule has 1 heterocycles. The molecule has 1 aromatic heterocycles. The smallest absolute Gasteiger partial charge is 0.0547 e. The maximum atomic E-state index is 4.04. The van der Waals surface area contributed by atoms with E-state index >= 15 is 0 Å². The molecule has 110 valence electrons. The van der Waals surface area contributed by atoms with E-state index in [9.17, 15) is 0 Å². The van der Waals surface area contributed by atoms with Gasteiger partial charge in [0.2, 0.25) is 0 Å². The summed E-state index contributed by atoms with van der Waals surface area (Å²) in [4.78, 5) is 0. The lowest BCUT2D eigenvalue weighted by Gasteiger charge is -2.09. The highest BCUT2D eigenvalue weighted by Crippen LogP contribution is 2.36. The van der Waals surface area contributed by atoms with E-state index in [0.717, 1.165) is 16.9 Å². The van der Waals surface area contributed by atoms with Crippen molar-refractivity contribution in [3.05, 3.63) is 91.1 Å². The lowest BCUT2D eigenvalue weighted by atomic mass is 10.0. The summed E-state index contributed by atoms with van der Waals surface area (Å²) in [5.41, 5.74) is 4.53. The molecule has 1 nitrogen and oxygen atoms in total. The van der Waals surface area contributed by atoms with Gasteiger partial charge in [-0.15, -0.1) is 0 Å². The zero-order valence-electron chi connectivity index (χ0n) is 12.9. The Hall–Kier alpha value is -3.06. The second-order valence-electron chi connectivity index (χ2n) is 5.56. The van der Waals surface area contributed by atoms with Gasteiger partial charge in [-0.25, -0.2) is 0 Å². The van der Waals surface area contributed by atoms with Gasteiger partial charge in [-0.2, -0.15) is 0 Å². The Labute approximate surface area is 135 Å². The molecule has 0 fully saturated rings. The van der Waals surface area contributed by atoms with Crippen LogP contribution in [0, 0.1) is 0 Å². The van der Waals surface area contributed by atoms with Gasteiger partial charge in [-0.1, -0.05) is 67.8 Å². The Morgan fingerprint density at radius 1 is 0.739 bits per heavy atom. The Morgan fingerprint density at radius 2 is 1.48 bits per heavy atom. The third kappa shape index (κ3) is 1.94. The van der Waals surface area contributed by atoms with Crippen molar-refractivity contribution in [2.45, 2.75) is 0 Å². The number of hydrogen-bond donors (Lipinski definition) is 0. The molecular weight excluding hydrogens is 278 g/mol. The van der Waals surface area contributed by atoms with Crippen molar-refractivity contribution < 1.29 is 0 Å². The molecule has 0 aliphatic rings. The highest BCUT2D eigenvalue weighted by Gasteiger charge is 2.16. The van der Waals surface area contributed by atoms with Gasteiger partial charge >= 0.3 is 0 Å². The van der Waals surface area contributed by atoms with E-state index in [-0.39, 0.29) is 0 Å². The average Bonchev–Trinajstić information content (AvgIpc) is 2.96. The van der Waals surface area contributed by atoms with Crippen LogP contribution in [0.4, 0.5) is 0 Å². The molecule has 0 saturated heterocycles. The van der Waals surface area contributed by atoms with E-state index in [1.165, 1.54) is 21.7 Å². The molecule has 0 aliphatic carbocycles. The first-order valence-corrected chi connectivity index (χ1v) is 7.71. The minimum absolute atomic E-state index is 1.08. The van der Waals surface area contributed by atoms with Crippen molar-refractivity contribution in [2.75, 3.05) is 0 Å². The molecule has 0 N–H and O–H groups in total. The topological polar surface area (TPSA) is 4.93 Å². The Bertz CT molecular complexity index is 1040. The molecular formula is C22H17N. The number of para-hydroxylation sites is 1. The van der Waals surface area contributed by atoms with Crippen LogP contribution >= 0.6 is 0 Å². The van der Waals surface area contributed by atoms with Crippen LogP contribution in [0.25, 0.3) is 39.5 Å². The number of nitrogens with zero attached hydrogens (tertiary/aromatic N) is 1. The second kappa shape index (κ2) is 5.29. The number of hydrogen-bond acceptors (Lipinski definition) is 0. The summed E-state index contributed by atoms with van der Waals surface area (Å²) in [6.07, 6.45) is 3.85. The lowest BCUT2D eigenvalue weighted by Crippen LogP contribution is -1.96. The molecule has 0 bridgehead atoms. The Morgan fingerprint density at radius 3 is 2.22 bits per heavy atom. The van der Waals surface area contributed by atoms with Gasteiger partial charge in [0.05, 0.1) is 11.2 Å². The highest BCUT2D eigenvalue weighted by atomic mass is 15.0. The summed E-state index contributed by atoms with van der Waals surface area (Å²) < 4.78 is 2.26. The van der Waals surface area contributed by atoms with Gasteiger partial charge in [-0.05, 0) is 35.0 Å². The van der Waals surface area contributed by atoms with Crippen molar-refractivity contribution in [3.63, 3.8) is 0 Å². The number of fused-ring (bicyclic) bond motifs is 3. The fraction of sp³-hybridized carbons (Fsp3) is 0. The van der Waals surface area contributed by atoms with Gasteiger partial charge in [-0.3, -0.25) is 0 Å². The van der Waals surface area contributed by atoms with E-state index in [2.05, 4.69) is 78.4 Å². The lowest BCUT2D eigenvalue weighted by molar-refractivity contribution is 1.11. The predicted molar refractivity (Wildman–Crippen MR) is 101 cm³/mol. The molecule has 0 amide bonds. The van der Waals surface area contributed by atoms with E-state index < -0.39 is 0 Å². The Balaban J connectivity index is 2.25. The average molecular weight is 295 g/mol. The largest absolute Gasteiger partial charge is 0.309 e. The zero-order valence-corrected chi connectivity index (χ0v) is 12.9. The molecule has 1 heteroatoms. The summed E-state index contributed by atoms with van der Waals surface area (Å²) in [5, 5.41) is 3.72. The zero-order chi connectivity index (χ0) is 15.8. The minimum atomic E-state index is 1.08. The SMILES string of the molecule is C=Cc1c(C=C)n(-c2ccccc2)c2ccc3ccccc3c12. The van der Waals surface area contributed by atoms with Gasteiger partial charge in [0, 0.05) is 16.6 Å². The van der Waals surface area contributed by atoms with Gasteiger partial charge in [0.25, 0.3) is 0 Å². The van der Waals surface area contributed by atoms with E-state index in [4.69, 9.17) is 0 Å². The van der Waals surface area contributed by atoms with Crippen LogP contribution in [0.15, 0.2) is 79.9 Å². The van der Waals surface area contributed by atoms with Crippen LogP contribution in [0.3, 0.4) is 0 Å². The van der Waals surface area contributed by atoms with Crippen LogP contribution in [0.5, 0.6) is 0 Å². The van der Waals surface area contributed by atoms with Crippen molar-refractivity contribution in [1.29, 1.82) is 0 Å². The normalized spacial score (nSPS) is 11.0. The maximum Gasteiger partial charge on any atom is 0.0547 e. The second-order valence-corrected chi connectivity index (χ2v) is 5.56. The first kappa shape index (κ1) is 13.6. The number of rotatable bonds is 3. The molecule has 0 unspecified atom stereocenters. The van der Waals surface area contributed by atoms with Crippen molar-refractivity contribution in [3.8, 4) is 5.69 Å². The van der Waals surface area contributed by atoms with E-state index in [1.54, 1.807) is 0 Å². The van der Waals surface area contributed by atoms with Gasteiger partial charge in [0.15, 0.2) is 0 Å². The third-order valence-electron chi connectivity index (χ3n) is 4.35. The molecule has 4 aromatic rings. The fourth-order valence-electron chi connectivity index (χ4n) is 3.37. The van der Waals surface area contributed by atoms with Crippen LogP contribution in [0.2, 0.25) is 0 Å². The van der Waals surface area contributed by atoms with E-state index in [1.807, 2.05) is 18.2 Å². The Kier molecular flexibility index (Phi) is 3.13. The standard InChI is InChI=1S/C22H17N/c1-3-18-20(4-2)23(17-11-6-5-7-12-17)21-15-14-16-10-8-9-13-19(16)22(18)21/h3-15H,1-2H2. The molecule has 3 aromatic carbocycles. The molecule has 4 rings (SSSR count). The summed E-state index contributed by atoms with van der Waals surface area (Å²) in [5.74, 6) is 0. The molecule has 23 heavy (non-hydrogen) atoms. The third-order valence-corrected chi connectivity index (χ3v) is 4.35. The van der Waals surface area contributed by atoms with Crippen molar-refractivity contribution in [1.82, 2.24) is 4.57 Å². The summed E-state index contributed by atoms with van der Waals surface area (Å²) in [6, 6.07) is 23.2. The summed E-state index contributed by atoms with van der Waals surface area (Å²) in [7, 11) is 0. The minimum Gasteiger partial charge on any atom is -0.309 e. The number of aromatic nitrogens is 1. The molecule has 0 saturated carbocycles. The van der Waals surface area contributed by atoms with Crippen molar-refractivity contribution >= 4 is 33.8 Å². The van der Waals surface area contributed by atoms with Crippen LogP contribution in [-0.4, -0.2) is 4.57 Å². The predicted octanol–water partition coefficient (Wildman–Crippen LogP) is 6.07. The molecule has 0 radical (unpaired) electrons. The first-order chi connectivity index (χ1) is 11.3. The first-order valence-electron chi connectivity index (χ1n) is 7.71. The van der Waals surface area contributed by atoms with Crippen LogP contribution in [0.1, 0.15) is 11.3 Å². The van der Waals surface area contributed by atoms with Gasteiger partial charge in [0.1, 0.15) is 0 Å². The maximum absolute atomic E-state index is 4.04. The summed E-state index contributed by atoms with van der Waals surface area (Å²) in [6.45, 7) is 8.07. The van der Waals surface area contributed by atoms with Crippen LogP contribution < -0.4 is 0 Å². The highest BCUT2D eigenvalue weighted by molar-refractivity contribution is 6.12.